The Bertz CT molecular complexity index is 357. The second-order valence-corrected chi connectivity index (χ2v) is 7.84. The Hall–Kier alpha value is -0.560. The molecule has 0 unspecified atom stereocenters. The van der Waals surface area contributed by atoms with Crippen molar-refractivity contribution in [2.24, 2.45) is 5.92 Å². The first-order valence-electron chi connectivity index (χ1n) is 8.36. The Labute approximate surface area is 137 Å². The average molecular weight is 312 g/mol. The van der Waals surface area contributed by atoms with Crippen molar-refractivity contribution < 1.29 is 14.6 Å². The average Bonchev–Trinajstić information content (AvgIpc) is 2.36. The highest BCUT2D eigenvalue weighted by atomic mass is 16.5. The number of rotatable bonds is 8. The normalized spacial score (nSPS) is 16.6. The molecule has 0 aromatic carbocycles. The van der Waals surface area contributed by atoms with Gasteiger partial charge in [0, 0.05) is 13.5 Å². The summed E-state index contributed by atoms with van der Waals surface area (Å²) in [7, 11) is 1.74. The van der Waals surface area contributed by atoms with Gasteiger partial charge in [0.15, 0.2) is 0 Å². The zero-order valence-corrected chi connectivity index (χ0v) is 15.8. The second kappa shape index (κ2) is 9.55. The van der Waals surface area contributed by atoms with Gasteiger partial charge < -0.3 is 14.6 Å². The van der Waals surface area contributed by atoms with Crippen molar-refractivity contribution in [1.82, 2.24) is 0 Å². The summed E-state index contributed by atoms with van der Waals surface area (Å²) >= 11 is 0. The number of aliphatic hydroxyl groups is 1. The van der Waals surface area contributed by atoms with E-state index in [1.54, 1.807) is 7.11 Å². The zero-order chi connectivity index (χ0) is 17.4. The minimum absolute atomic E-state index is 0.0810. The molecule has 0 aliphatic heterocycles. The molecular formula is C19H36O3. The third-order valence-electron chi connectivity index (χ3n) is 3.72. The SMILES string of the molecule is COC(C)(C)CCC[C@@H](C)[C@H](O)C#CC[C@@H](C)OC(C)(C)C. The molecule has 0 heterocycles. The van der Waals surface area contributed by atoms with E-state index in [1.165, 1.54) is 0 Å². The first-order chi connectivity index (χ1) is 9.97. The number of methoxy groups -OCH3 is 1. The largest absolute Gasteiger partial charge is 0.380 e. The van der Waals surface area contributed by atoms with Crippen molar-refractivity contribution in [3.8, 4) is 11.8 Å². The van der Waals surface area contributed by atoms with Crippen LogP contribution < -0.4 is 0 Å². The summed E-state index contributed by atoms with van der Waals surface area (Å²) in [5, 5.41) is 10.1. The van der Waals surface area contributed by atoms with Crippen molar-refractivity contribution in [3.05, 3.63) is 0 Å². The molecule has 0 bridgehead atoms. The molecule has 0 aliphatic carbocycles. The van der Waals surface area contributed by atoms with Crippen LogP contribution in [0.1, 0.15) is 74.1 Å². The number of hydrogen-bond donors (Lipinski definition) is 1. The Kier molecular flexibility index (Phi) is 9.31. The van der Waals surface area contributed by atoms with Gasteiger partial charge in [-0.1, -0.05) is 25.2 Å². The first kappa shape index (κ1) is 21.4. The van der Waals surface area contributed by atoms with E-state index in [1.807, 2.05) is 34.6 Å². The number of hydrogen-bond acceptors (Lipinski definition) is 3. The standard InChI is InChI=1S/C19H36O3/c1-15(11-10-14-19(6,7)21-8)17(20)13-9-12-16(2)22-18(3,4)5/h15-17,20H,10-12,14H2,1-8H3/t15-,16-,17-/m1/s1. The lowest BCUT2D eigenvalue weighted by Crippen LogP contribution is -2.25. The summed E-state index contributed by atoms with van der Waals surface area (Å²) in [6, 6.07) is 0. The van der Waals surface area contributed by atoms with Gasteiger partial charge in [0.05, 0.1) is 17.3 Å². The molecule has 3 nitrogen and oxygen atoms in total. The van der Waals surface area contributed by atoms with E-state index >= 15 is 0 Å². The quantitative estimate of drug-likeness (QED) is 0.683. The van der Waals surface area contributed by atoms with Gasteiger partial charge in [-0.15, -0.1) is 0 Å². The topological polar surface area (TPSA) is 38.7 Å². The van der Waals surface area contributed by atoms with Gasteiger partial charge in [0.1, 0.15) is 6.10 Å². The molecule has 0 fully saturated rings. The number of ether oxygens (including phenoxy) is 2. The maximum atomic E-state index is 10.1. The molecule has 3 heteroatoms. The molecule has 0 amide bonds. The molecule has 22 heavy (non-hydrogen) atoms. The van der Waals surface area contributed by atoms with Crippen LogP contribution in [0.25, 0.3) is 0 Å². The van der Waals surface area contributed by atoms with Crippen molar-refractivity contribution in [3.63, 3.8) is 0 Å². The fourth-order valence-corrected chi connectivity index (χ4v) is 2.20. The monoisotopic (exact) mass is 312 g/mol. The molecule has 0 rings (SSSR count). The van der Waals surface area contributed by atoms with E-state index in [0.29, 0.717) is 6.42 Å². The van der Waals surface area contributed by atoms with E-state index in [0.717, 1.165) is 19.3 Å². The van der Waals surface area contributed by atoms with Gasteiger partial charge >= 0.3 is 0 Å². The molecule has 1 N–H and O–H groups in total. The van der Waals surface area contributed by atoms with Crippen LogP contribution >= 0.6 is 0 Å². The highest BCUT2D eigenvalue weighted by Crippen LogP contribution is 2.20. The van der Waals surface area contributed by atoms with Crippen LogP contribution in [0.4, 0.5) is 0 Å². The molecule has 0 aliphatic rings. The minimum atomic E-state index is -0.563. The summed E-state index contributed by atoms with van der Waals surface area (Å²) in [5.41, 5.74) is -0.239. The number of aliphatic hydroxyl groups excluding tert-OH is 1. The molecule has 0 radical (unpaired) electrons. The molecule has 0 aromatic rings. The Morgan fingerprint density at radius 1 is 1.09 bits per heavy atom. The lowest BCUT2D eigenvalue weighted by atomic mass is 9.93. The molecule has 0 saturated carbocycles. The molecule has 130 valence electrons. The highest BCUT2D eigenvalue weighted by Gasteiger charge is 2.18. The zero-order valence-electron chi connectivity index (χ0n) is 15.8. The van der Waals surface area contributed by atoms with Gasteiger partial charge in [0.25, 0.3) is 0 Å². The van der Waals surface area contributed by atoms with Crippen molar-refractivity contribution in [2.75, 3.05) is 7.11 Å². The first-order valence-corrected chi connectivity index (χ1v) is 8.36. The lowest BCUT2D eigenvalue weighted by Gasteiger charge is -2.24. The molecule has 0 spiro atoms. The van der Waals surface area contributed by atoms with Crippen LogP contribution in [0.5, 0.6) is 0 Å². The van der Waals surface area contributed by atoms with Crippen LogP contribution in [0.3, 0.4) is 0 Å². The van der Waals surface area contributed by atoms with E-state index in [2.05, 4.69) is 25.7 Å². The van der Waals surface area contributed by atoms with Gasteiger partial charge in [0.2, 0.25) is 0 Å². The molecule has 3 atom stereocenters. The van der Waals surface area contributed by atoms with E-state index < -0.39 is 6.10 Å². The third-order valence-corrected chi connectivity index (χ3v) is 3.72. The van der Waals surface area contributed by atoms with Crippen molar-refractivity contribution in [1.29, 1.82) is 0 Å². The van der Waals surface area contributed by atoms with Crippen LogP contribution in [0, 0.1) is 17.8 Å². The van der Waals surface area contributed by atoms with Gasteiger partial charge in [-0.3, -0.25) is 0 Å². The summed E-state index contributed by atoms with van der Waals surface area (Å²) < 4.78 is 11.2. The van der Waals surface area contributed by atoms with Crippen molar-refractivity contribution >= 4 is 0 Å². The molecular weight excluding hydrogens is 276 g/mol. The van der Waals surface area contributed by atoms with E-state index in [4.69, 9.17) is 9.47 Å². The van der Waals surface area contributed by atoms with E-state index in [9.17, 15) is 5.11 Å². The fraction of sp³-hybridized carbons (Fsp3) is 0.895. The van der Waals surface area contributed by atoms with Crippen LogP contribution in [0.15, 0.2) is 0 Å². The molecule has 0 saturated heterocycles. The lowest BCUT2D eigenvalue weighted by molar-refractivity contribution is -0.0485. The predicted molar refractivity (Wildman–Crippen MR) is 92.8 cm³/mol. The predicted octanol–water partition coefficient (Wildman–Crippen LogP) is 4.18. The maximum Gasteiger partial charge on any atom is 0.117 e. The van der Waals surface area contributed by atoms with E-state index in [-0.39, 0.29) is 23.2 Å². The van der Waals surface area contributed by atoms with Crippen molar-refractivity contribution in [2.45, 2.75) is 97.6 Å². The van der Waals surface area contributed by atoms with Crippen LogP contribution in [0.2, 0.25) is 0 Å². The smallest absolute Gasteiger partial charge is 0.117 e. The molecule has 0 aromatic heterocycles. The summed E-state index contributed by atoms with van der Waals surface area (Å²) in [5.74, 6) is 6.19. The van der Waals surface area contributed by atoms with Gasteiger partial charge in [-0.2, -0.15) is 0 Å². The second-order valence-electron chi connectivity index (χ2n) is 7.84. The van der Waals surface area contributed by atoms with Gasteiger partial charge in [-0.25, -0.2) is 0 Å². The summed E-state index contributed by atoms with van der Waals surface area (Å²) in [4.78, 5) is 0. The van der Waals surface area contributed by atoms with Crippen LogP contribution in [-0.2, 0) is 9.47 Å². The minimum Gasteiger partial charge on any atom is -0.380 e. The Morgan fingerprint density at radius 3 is 2.18 bits per heavy atom. The third kappa shape index (κ3) is 11.1. The highest BCUT2D eigenvalue weighted by molar-refractivity contribution is 5.06. The van der Waals surface area contributed by atoms with Gasteiger partial charge in [-0.05, 0) is 60.3 Å². The Morgan fingerprint density at radius 2 is 1.68 bits per heavy atom. The Balaban J connectivity index is 4.11. The maximum absolute atomic E-state index is 10.1. The van der Waals surface area contributed by atoms with Crippen LogP contribution in [-0.4, -0.2) is 35.6 Å². The fourth-order valence-electron chi connectivity index (χ4n) is 2.20. The summed E-state index contributed by atoms with van der Waals surface area (Å²) in [6.45, 7) is 14.4. The summed E-state index contributed by atoms with van der Waals surface area (Å²) in [6.07, 6.45) is 3.15.